The number of benzene rings is 7. The van der Waals surface area contributed by atoms with E-state index in [2.05, 4.69) is 217 Å². The third-order valence-corrected chi connectivity index (χ3v) is 13.8. The number of para-hydroxylation sites is 1. The van der Waals surface area contributed by atoms with Crippen LogP contribution in [0.25, 0.3) is 77.6 Å². The summed E-state index contributed by atoms with van der Waals surface area (Å²) in [6, 6.07) is 58.5. The van der Waals surface area contributed by atoms with Crippen LogP contribution in [0.2, 0.25) is 0 Å². The lowest BCUT2D eigenvalue weighted by Gasteiger charge is -2.27. The molecule has 0 spiro atoms. The number of fused-ring (bicyclic) bond motifs is 6. The van der Waals surface area contributed by atoms with E-state index in [1.54, 1.807) is 0 Å². The van der Waals surface area contributed by atoms with Crippen LogP contribution in [-0.2, 0) is 6.42 Å². The molecule has 0 bridgehead atoms. The molecule has 0 saturated carbocycles. The number of aromatic nitrogens is 1. The Morgan fingerprint density at radius 2 is 1.26 bits per heavy atom. The van der Waals surface area contributed by atoms with Crippen LogP contribution < -0.4 is 4.90 Å². The minimum atomic E-state index is 1.05. The van der Waals surface area contributed by atoms with Gasteiger partial charge in [0.2, 0.25) is 0 Å². The summed E-state index contributed by atoms with van der Waals surface area (Å²) in [7, 11) is 0. The molecule has 7 aromatic carbocycles. The van der Waals surface area contributed by atoms with E-state index in [0.717, 1.165) is 53.9 Å². The number of rotatable bonds is 9. The van der Waals surface area contributed by atoms with Crippen molar-refractivity contribution in [2.24, 2.45) is 0 Å². The Bertz CT molecular complexity index is 3310. The van der Waals surface area contributed by atoms with Crippen molar-refractivity contribution in [2.75, 3.05) is 4.90 Å². The topological polar surface area (TPSA) is 8.17 Å². The van der Waals surface area contributed by atoms with E-state index in [9.17, 15) is 0 Å². The van der Waals surface area contributed by atoms with E-state index in [1.807, 2.05) is 17.4 Å². The van der Waals surface area contributed by atoms with Crippen molar-refractivity contribution in [3.63, 3.8) is 0 Å². The van der Waals surface area contributed by atoms with Gasteiger partial charge in [-0.05, 0) is 155 Å². The standard InChI is InChI=1S/C59H46N2S/c1-3-14-44-38-50(35-25-40(44)4-2)60(48-31-26-42(27-32-48)41-15-6-5-7-16-41)49-33-28-43(29-34-49)45-17-12-18-46(37-45)47-30-36-56-54(39-47)51-19-8-10-22-55(51)61(56)57-23-13-21-53-52-20-9-11-24-58(52)62-59(53)57/h3-4,6,8-12,14-20,22-39H,2,5,7,13,21H2,1H3/b14-3-. The first-order valence-electron chi connectivity index (χ1n) is 21.8. The molecule has 9 aromatic rings. The molecule has 0 radical (unpaired) electrons. The maximum atomic E-state index is 4.08. The van der Waals surface area contributed by atoms with Gasteiger partial charge in [-0.15, -0.1) is 11.3 Å². The average Bonchev–Trinajstić information content (AvgIpc) is 3.88. The van der Waals surface area contributed by atoms with Gasteiger partial charge >= 0.3 is 0 Å². The van der Waals surface area contributed by atoms with E-state index in [0.29, 0.717) is 0 Å². The number of aryl methyl sites for hydroxylation is 1. The van der Waals surface area contributed by atoms with Crippen molar-refractivity contribution in [3.05, 3.63) is 222 Å². The Morgan fingerprint density at radius 3 is 2.03 bits per heavy atom. The minimum Gasteiger partial charge on any atom is -0.310 e. The Hall–Kier alpha value is -7.20. The Labute approximate surface area is 368 Å². The second-order valence-electron chi connectivity index (χ2n) is 16.3. The molecule has 0 aliphatic heterocycles. The fourth-order valence-electron chi connectivity index (χ4n) is 9.57. The summed E-state index contributed by atoms with van der Waals surface area (Å²) in [5.74, 6) is 0. The lowest BCUT2D eigenvalue weighted by atomic mass is 9.97. The van der Waals surface area contributed by atoms with Gasteiger partial charge in [0.15, 0.2) is 0 Å². The molecule has 2 nitrogen and oxygen atoms in total. The molecule has 2 heterocycles. The van der Waals surface area contributed by atoms with Crippen LogP contribution in [0.3, 0.4) is 0 Å². The van der Waals surface area contributed by atoms with Crippen LogP contribution in [0.1, 0.15) is 53.3 Å². The van der Waals surface area contributed by atoms with Gasteiger partial charge in [-0.2, -0.15) is 0 Å². The van der Waals surface area contributed by atoms with Gasteiger partial charge < -0.3 is 9.47 Å². The van der Waals surface area contributed by atoms with Crippen LogP contribution in [-0.4, -0.2) is 4.57 Å². The first-order valence-corrected chi connectivity index (χ1v) is 22.6. The largest absolute Gasteiger partial charge is 0.310 e. The van der Waals surface area contributed by atoms with Gasteiger partial charge in [0.05, 0.1) is 21.6 Å². The monoisotopic (exact) mass is 814 g/mol. The molecule has 0 amide bonds. The van der Waals surface area contributed by atoms with Crippen molar-refractivity contribution >= 4 is 83.7 Å². The highest BCUT2D eigenvalue weighted by Gasteiger charge is 2.23. The van der Waals surface area contributed by atoms with E-state index < -0.39 is 0 Å². The predicted octanol–water partition coefficient (Wildman–Crippen LogP) is 17.1. The summed E-state index contributed by atoms with van der Waals surface area (Å²) in [5, 5.41) is 3.96. The van der Waals surface area contributed by atoms with E-state index >= 15 is 0 Å². The molecule has 0 fully saturated rings. The molecule has 62 heavy (non-hydrogen) atoms. The summed E-state index contributed by atoms with van der Waals surface area (Å²) in [6.07, 6.45) is 19.8. The first-order chi connectivity index (χ1) is 30.6. The lowest BCUT2D eigenvalue weighted by molar-refractivity contribution is 0.978. The van der Waals surface area contributed by atoms with Gasteiger partial charge in [0.25, 0.3) is 0 Å². The number of nitrogens with zero attached hydrogens (tertiary/aromatic N) is 2. The molecular weight excluding hydrogens is 769 g/mol. The SMILES string of the molecule is C=Cc1ccc(N(c2ccc(C3=CCCC=C3)cc2)c2ccc(-c3cccc(-c4ccc5c(c4)c4ccccc4n5C4=CCCc5c4sc4ccccc54)c3)cc2)cc1/C=C\C. The average molecular weight is 815 g/mol. The lowest BCUT2D eigenvalue weighted by Crippen LogP contribution is -2.10. The molecule has 2 aliphatic rings. The highest BCUT2D eigenvalue weighted by Crippen LogP contribution is 2.44. The quantitative estimate of drug-likeness (QED) is 0.141. The molecule has 0 saturated heterocycles. The smallest absolute Gasteiger partial charge is 0.0597 e. The van der Waals surface area contributed by atoms with Crippen molar-refractivity contribution in [1.82, 2.24) is 4.57 Å². The maximum absolute atomic E-state index is 4.08. The van der Waals surface area contributed by atoms with Crippen molar-refractivity contribution in [3.8, 4) is 22.3 Å². The molecular formula is C59H46N2S. The Kier molecular flexibility index (Phi) is 9.75. The fourth-order valence-corrected chi connectivity index (χ4v) is 10.9. The van der Waals surface area contributed by atoms with Gasteiger partial charge in [-0.3, -0.25) is 0 Å². The summed E-state index contributed by atoms with van der Waals surface area (Å²) in [5.41, 5.74) is 18.2. The summed E-state index contributed by atoms with van der Waals surface area (Å²) in [6.45, 7) is 6.14. The van der Waals surface area contributed by atoms with Gasteiger partial charge in [0, 0.05) is 32.5 Å². The van der Waals surface area contributed by atoms with Crippen molar-refractivity contribution in [1.29, 1.82) is 0 Å². The molecule has 11 rings (SSSR count). The third-order valence-electron chi connectivity index (χ3n) is 12.6. The highest BCUT2D eigenvalue weighted by molar-refractivity contribution is 7.20. The van der Waals surface area contributed by atoms with Crippen molar-refractivity contribution in [2.45, 2.75) is 32.6 Å². The maximum Gasteiger partial charge on any atom is 0.0597 e. The number of allylic oxidation sites excluding steroid dienone is 6. The molecule has 2 aromatic heterocycles. The molecule has 0 N–H and O–H groups in total. The van der Waals surface area contributed by atoms with E-state index in [1.165, 1.54) is 81.4 Å². The van der Waals surface area contributed by atoms with Crippen LogP contribution in [0.15, 0.2) is 195 Å². The van der Waals surface area contributed by atoms with E-state index in [-0.39, 0.29) is 0 Å². The van der Waals surface area contributed by atoms with E-state index in [4.69, 9.17) is 0 Å². The Balaban J connectivity index is 0.946. The van der Waals surface area contributed by atoms with Crippen LogP contribution in [0.5, 0.6) is 0 Å². The number of thiophene rings is 1. The second kappa shape index (κ2) is 16.0. The zero-order chi connectivity index (χ0) is 41.6. The summed E-state index contributed by atoms with van der Waals surface area (Å²) in [4.78, 5) is 3.75. The molecule has 3 heteroatoms. The van der Waals surface area contributed by atoms with Crippen LogP contribution in [0.4, 0.5) is 17.1 Å². The molecule has 298 valence electrons. The second-order valence-corrected chi connectivity index (χ2v) is 17.3. The molecule has 0 unspecified atom stereocenters. The number of anilines is 3. The number of hydrogen-bond donors (Lipinski definition) is 0. The van der Waals surface area contributed by atoms with Crippen LogP contribution in [0, 0.1) is 0 Å². The first kappa shape index (κ1) is 37.8. The van der Waals surface area contributed by atoms with Gasteiger partial charge in [-0.1, -0.05) is 140 Å². The molecule has 2 aliphatic carbocycles. The predicted molar refractivity (Wildman–Crippen MR) is 270 cm³/mol. The highest BCUT2D eigenvalue weighted by atomic mass is 32.1. The minimum absolute atomic E-state index is 1.05. The third kappa shape index (κ3) is 6.66. The summed E-state index contributed by atoms with van der Waals surface area (Å²) >= 11 is 1.93. The van der Waals surface area contributed by atoms with Crippen molar-refractivity contribution < 1.29 is 0 Å². The number of hydrogen-bond acceptors (Lipinski definition) is 2. The zero-order valence-electron chi connectivity index (χ0n) is 34.9. The van der Waals surface area contributed by atoms with Gasteiger partial charge in [0.1, 0.15) is 0 Å². The zero-order valence-corrected chi connectivity index (χ0v) is 35.7. The fraction of sp³-hybridized carbons (Fsp3) is 0.0847. The molecule has 0 atom stereocenters. The Morgan fingerprint density at radius 1 is 0.565 bits per heavy atom. The summed E-state index contributed by atoms with van der Waals surface area (Å²) < 4.78 is 3.88. The van der Waals surface area contributed by atoms with Crippen LogP contribution >= 0.6 is 11.3 Å². The normalized spacial score (nSPS) is 13.8. The van der Waals surface area contributed by atoms with Gasteiger partial charge in [-0.25, -0.2) is 0 Å².